The Morgan fingerprint density at radius 3 is 2.73 bits per heavy atom. The Morgan fingerprint density at radius 1 is 1.53 bits per heavy atom. The minimum absolute atomic E-state index is 0.278. The topological polar surface area (TPSA) is 41.6 Å². The maximum absolute atomic E-state index is 11.9. The van der Waals surface area contributed by atoms with Crippen molar-refractivity contribution in [2.45, 2.75) is 32.2 Å². The van der Waals surface area contributed by atoms with Crippen LogP contribution in [-0.4, -0.2) is 50.2 Å². The molecule has 1 amide bonds. The number of carbonyl (C=O) groups excluding carboxylic acids is 1. The molecule has 0 unspecified atom stereocenters. The highest BCUT2D eigenvalue weighted by Crippen LogP contribution is 2.09. The van der Waals surface area contributed by atoms with E-state index in [2.05, 4.69) is 12.2 Å². The van der Waals surface area contributed by atoms with Crippen LogP contribution in [0, 0.1) is 0 Å². The minimum atomic E-state index is 0.278. The van der Waals surface area contributed by atoms with Crippen LogP contribution in [0.4, 0.5) is 0 Å². The van der Waals surface area contributed by atoms with Gasteiger partial charge in [-0.3, -0.25) is 4.79 Å². The monoisotopic (exact) mass is 214 g/mol. The van der Waals surface area contributed by atoms with Crippen LogP contribution in [0.3, 0.4) is 0 Å². The molecule has 4 nitrogen and oxygen atoms in total. The third-order valence-electron chi connectivity index (χ3n) is 2.72. The van der Waals surface area contributed by atoms with E-state index >= 15 is 0 Å². The number of hydrogen-bond donors (Lipinski definition) is 1. The normalized spacial score (nSPS) is 16.1. The number of carbonyl (C=O) groups is 1. The fraction of sp³-hybridized carbons (Fsp3) is 0.909. The van der Waals surface area contributed by atoms with Crippen LogP contribution in [0.25, 0.3) is 0 Å². The lowest BCUT2D eigenvalue weighted by Gasteiger charge is -2.38. The summed E-state index contributed by atoms with van der Waals surface area (Å²) in [5.74, 6) is 0.278. The lowest BCUT2D eigenvalue weighted by molar-refractivity contribution is -0.134. The molecular weight excluding hydrogens is 192 g/mol. The molecule has 15 heavy (non-hydrogen) atoms. The standard InChI is InChI=1S/C11H22N2O2/c1-3-6-13(10-8-12-9-10)11(14)5-4-7-15-2/h10,12H,3-9H2,1-2H3. The van der Waals surface area contributed by atoms with Crippen molar-refractivity contribution in [3.8, 4) is 0 Å². The van der Waals surface area contributed by atoms with Gasteiger partial charge in [0, 0.05) is 39.8 Å². The second-order valence-electron chi connectivity index (χ2n) is 4.00. The summed E-state index contributed by atoms with van der Waals surface area (Å²) in [6.45, 7) is 5.58. The van der Waals surface area contributed by atoms with Crippen LogP contribution in [-0.2, 0) is 9.53 Å². The van der Waals surface area contributed by atoms with Gasteiger partial charge in [0.05, 0.1) is 6.04 Å². The molecule has 4 heteroatoms. The number of rotatable bonds is 7. The van der Waals surface area contributed by atoms with Gasteiger partial charge >= 0.3 is 0 Å². The minimum Gasteiger partial charge on any atom is -0.385 e. The summed E-state index contributed by atoms with van der Waals surface area (Å²) in [7, 11) is 1.67. The zero-order chi connectivity index (χ0) is 11.1. The first-order valence-electron chi connectivity index (χ1n) is 5.78. The molecule has 0 aliphatic carbocycles. The van der Waals surface area contributed by atoms with Crippen LogP contribution in [0.15, 0.2) is 0 Å². The van der Waals surface area contributed by atoms with E-state index in [0.29, 0.717) is 19.1 Å². The van der Waals surface area contributed by atoms with Gasteiger partial charge in [-0.15, -0.1) is 0 Å². The highest BCUT2D eigenvalue weighted by molar-refractivity contribution is 5.76. The zero-order valence-corrected chi connectivity index (χ0v) is 9.79. The lowest BCUT2D eigenvalue weighted by Crippen LogP contribution is -2.59. The van der Waals surface area contributed by atoms with Gasteiger partial charge in [0.15, 0.2) is 0 Å². The smallest absolute Gasteiger partial charge is 0.222 e. The molecule has 1 aliphatic rings. The number of nitrogens with zero attached hydrogens (tertiary/aromatic N) is 1. The van der Waals surface area contributed by atoms with Gasteiger partial charge in [0.25, 0.3) is 0 Å². The van der Waals surface area contributed by atoms with Crippen LogP contribution in [0.2, 0.25) is 0 Å². The largest absolute Gasteiger partial charge is 0.385 e. The molecule has 0 aromatic heterocycles. The third-order valence-corrected chi connectivity index (χ3v) is 2.72. The van der Waals surface area contributed by atoms with E-state index in [-0.39, 0.29) is 5.91 Å². The molecule has 0 aromatic carbocycles. The Kier molecular flexibility index (Phi) is 5.65. The van der Waals surface area contributed by atoms with Crippen molar-refractivity contribution in [2.75, 3.05) is 33.4 Å². The summed E-state index contributed by atoms with van der Waals surface area (Å²) < 4.78 is 4.95. The second-order valence-corrected chi connectivity index (χ2v) is 4.00. The summed E-state index contributed by atoms with van der Waals surface area (Å²) in [5, 5.41) is 3.20. The molecule has 0 saturated carbocycles. The van der Waals surface area contributed by atoms with Crippen LogP contribution < -0.4 is 5.32 Å². The van der Waals surface area contributed by atoms with Gasteiger partial charge in [-0.2, -0.15) is 0 Å². The quantitative estimate of drug-likeness (QED) is 0.632. The molecule has 1 aliphatic heterocycles. The van der Waals surface area contributed by atoms with Crippen LogP contribution in [0.1, 0.15) is 26.2 Å². The molecule has 0 spiro atoms. The summed E-state index contributed by atoms with van der Waals surface area (Å²) in [6.07, 6.45) is 2.48. The molecule has 1 N–H and O–H groups in total. The number of amides is 1. The molecule has 1 rings (SSSR count). The predicted molar refractivity (Wildman–Crippen MR) is 59.8 cm³/mol. The van der Waals surface area contributed by atoms with Crippen molar-refractivity contribution >= 4 is 5.91 Å². The molecule has 0 radical (unpaired) electrons. The van der Waals surface area contributed by atoms with Crippen molar-refractivity contribution in [1.29, 1.82) is 0 Å². The SMILES string of the molecule is CCCN(C(=O)CCCOC)C1CNC1. The summed E-state index contributed by atoms with van der Waals surface area (Å²) in [6, 6.07) is 0.431. The van der Waals surface area contributed by atoms with E-state index in [1.54, 1.807) is 7.11 Å². The maximum atomic E-state index is 11.9. The number of hydrogen-bond acceptors (Lipinski definition) is 3. The fourth-order valence-corrected chi connectivity index (χ4v) is 1.76. The Balaban J connectivity index is 2.29. The van der Waals surface area contributed by atoms with E-state index in [0.717, 1.165) is 32.5 Å². The van der Waals surface area contributed by atoms with E-state index in [1.165, 1.54) is 0 Å². The Hall–Kier alpha value is -0.610. The molecule has 0 bridgehead atoms. The number of nitrogens with one attached hydrogen (secondary N) is 1. The zero-order valence-electron chi connectivity index (χ0n) is 9.79. The van der Waals surface area contributed by atoms with Gasteiger partial charge in [-0.05, 0) is 12.8 Å². The highest BCUT2D eigenvalue weighted by Gasteiger charge is 2.27. The average molecular weight is 214 g/mol. The van der Waals surface area contributed by atoms with Crippen molar-refractivity contribution in [2.24, 2.45) is 0 Å². The molecule has 88 valence electrons. The lowest BCUT2D eigenvalue weighted by atomic mass is 10.1. The molecule has 1 fully saturated rings. The molecule has 1 heterocycles. The second kappa shape index (κ2) is 6.80. The van der Waals surface area contributed by atoms with Gasteiger partial charge in [-0.1, -0.05) is 6.92 Å². The van der Waals surface area contributed by atoms with Gasteiger partial charge in [0.2, 0.25) is 5.91 Å². The summed E-state index contributed by atoms with van der Waals surface area (Å²) in [5.41, 5.74) is 0. The third kappa shape index (κ3) is 3.80. The summed E-state index contributed by atoms with van der Waals surface area (Å²) >= 11 is 0. The molecule has 1 saturated heterocycles. The van der Waals surface area contributed by atoms with Gasteiger partial charge in [0.1, 0.15) is 0 Å². The molecule has 0 aromatic rings. The van der Waals surface area contributed by atoms with Gasteiger partial charge in [-0.25, -0.2) is 0 Å². The maximum Gasteiger partial charge on any atom is 0.222 e. The van der Waals surface area contributed by atoms with Crippen molar-refractivity contribution in [3.63, 3.8) is 0 Å². The van der Waals surface area contributed by atoms with E-state index < -0.39 is 0 Å². The predicted octanol–water partition coefficient (Wildman–Crippen LogP) is 0.623. The molecule has 0 atom stereocenters. The first-order valence-corrected chi connectivity index (χ1v) is 5.78. The highest BCUT2D eigenvalue weighted by atomic mass is 16.5. The summed E-state index contributed by atoms with van der Waals surface area (Å²) in [4.78, 5) is 13.9. The van der Waals surface area contributed by atoms with Crippen LogP contribution in [0.5, 0.6) is 0 Å². The van der Waals surface area contributed by atoms with Gasteiger partial charge < -0.3 is 15.0 Å². The first kappa shape index (κ1) is 12.5. The Labute approximate surface area is 92.0 Å². The molecular formula is C11H22N2O2. The van der Waals surface area contributed by atoms with Crippen LogP contribution >= 0.6 is 0 Å². The number of ether oxygens (including phenoxy) is 1. The van der Waals surface area contributed by atoms with E-state index in [1.807, 2.05) is 4.90 Å². The Morgan fingerprint density at radius 2 is 2.27 bits per heavy atom. The van der Waals surface area contributed by atoms with Crippen molar-refractivity contribution in [3.05, 3.63) is 0 Å². The Bertz CT molecular complexity index is 193. The first-order chi connectivity index (χ1) is 7.29. The fourth-order valence-electron chi connectivity index (χ4n) is 1.76. The van der Waals surface area contributed by atoms with Crippen molar-refractivity contribution in [1.82, 2.24) is 10.2 Å². The number of methoxy groups -OCH3 is 1. The van der Waals surface area contributed by atoms with E-state index in [4.69, 9.17) is 4.74 Å². The average Bonchev–Trinajstić information content (AvgIpc) is 2.14. The van der Waals surface area contributed by atoms with E-state index in [9.17, 15) is 4.79 Å². The van der Waals surface area contributed by atoms with Crippen molar-refractivity contribution < 1.29 is 9.53 Å².